The van der Waals surface area contributed by atoms with Crippen LogP contribution in [0.3, 0.4) is 0 Å². The van der Waals surface area contributed by atoms with Gasteiger partial charge in [0.2, 0.25) is 0 Å². The van der Waals surface area contributed by atoms with Gasteiger partial charge in [-0.2, -0.15) is 0 Å². The number of imide groups is 1. The third-order valence-electron chi connectivity index (χ3n) is 17.2. The lowest BCUT2D eigenvalue weighted by Crippen LogP contribution is -2.70. The molecule has 0 N–H and O–H groups in total. The molecule has 504 valence electrons. The number of carbonyl (C=O) groups excluding carboxylic acids is 5. The highest BCUT2D eigenvalue weighted by Crippen LogP contribution is 2.45. The first-order valence-electron chi connectivity index (χ1n) is 32.4. The van der Waals surface area contributed by atoms with Crippen molar-refractivity contribution in [2.24, 2.45) is 0 Å². The first-order valence-corrected chi connectivity index (χ1v) is 33.3. The van der Waals surface area contributed by atoms with Crippen LogP contribution in [0.1, 0.15) is 76.2 Å². The van der Waals surface area contributed by atoms with Crippen LogP contribution in [0.4, 0.5) is 0 Å². The first-order chi connectivity index (χ1) is 47.3. The Kier molecular flexibility index (Phi) is 23.1. The predicted molar refractivity (Wildman–Crippen MR) is 356 cm³/mol. The Hall–Kier alpha value is -8.48. The lowest BCUT2D eigenvalue weighted by atomic mass is 9.93. The molecular weight excluding hydrogens is 1260 g/mol. The fourth-order valence-electron chi connectivity index (χ4n) is 12.7. The second-order valence-corrected chi connectivity index (χ2v) is 25.3. The van der Waals surface area contributed by atoms with Gasteiger partial charge in [-0.05, 0) is 75.8 Å². The zero-order chi connectivity index (χ0) is 67.2. The molecule has 8 aromatic carbocycles. The van der Waals surface area contributed by atoms with Crippen molar-refractivity contribution >= 4 is 52.3 Å². The number of thioether (sulfide) groups is 1. The summed E-state index contributed by atoms with van der Waals surface area (Å²) in [6, 6.07) is 66.6. The van der Waals surface area contributed by atoms with Crippen molar-refractivity contribution in [2.75, 3.05) is 13.2 Å². The number of ether oxygens (including phenoxy) is 13. The van der Waals surface area contributed by atoms with Gasteiger partial charge in [0.15, 0.2) is 24.8 Å². The Morgan fingerprint density at radius 1 is 0.412 bits per heavy atom. The van der Waals surface area contributed by atoms with Gasteiger partial charge < -0.3 is 61.6 Å². The molecule has 4 aliphatic heterocycles. The van der Waals surface area contributed by atoms with Crippen LogP contribution in [0.5, 0.6) is 0 Å². The largest absolute Gasteiger partial charge is 0.463 e. The highest BCUT2D eigenvalue weighted by atomic mass is 32.2. The molecule has 2 amide bonds. The topological polar surface area (TPSA) is 209 Å². The van der Waals surface area contributed by atoms with E-state index in [9.17, 15) is 14.4 Å². The smallest absolute Gasteiger partial charge is 0.303 e. The SMILES string of the molecule is CC(=O)OC[C@H]1O[C@@H](O[C@H]2[C@H](O[C@@H]3O[C@@H](C)[C@@H](OCc4ccccc4)[C@@H](OCc4ccccc4)[C@@H]3OCc3ccccc3)[C@@H](N3C(=O)c4ccccc4C3=O)[C@H](Sc3ccccc3)O[C@@H]2COCc2ccccc2)[C@H](OC(C)=O)[C@@H](OCc2ccc3ccccc3c2)[C@H]1OC(C)=O. The molecule has 12 rings (SSSR count). The standard InChI is InChI=1S/C77H77NO18S/c1-48-65(86-42-53-26-12-6-13-27-53)69(87-43-54-28-14-7-15-29-54)71(89-44-55-30-16-8-17-31-55)75(90-48)96-68-64(78-73(82)60-36-22-23-37-61(60)74(78)83)77(97-59-34-18-9-19-35-59)94-62(46-84-41-52-24-10-5-11-25-52)66(68)95-76-72(92-51(4)81)70(67(91-50(3)80)63(93-76)47-85-49(2)79)88-45-56-38-39-57-32-20-21-33-58(57)40-56/h5-40,48,62-72,75-77H,41-47H2,1-4H3/t48-,62+,63+,64+,65+,66+,67-,68+,69+,70-,71-,72+,75-,76-,77-/m0/s1. The number of hydrogen-bond donors (Lipinski definition) is 0. The van der Waals surface area contributed by atoms with Crippen molar-refractivity contribution < 1.29 is 85.6 Å². The normalized spacial score (nSPS) is 26.3. The lowest BCUT2D eigenvalue weighted by Gasteiger charge is -2.53. The number of esters is 3. The van der Waals surface area contributed by atoms with Crippen molar-refractivity contribution in [3.05, 3.63) is 257 Å². The maximum absolute atomic E-state index is 15.5. The van der Waals surface area contributed by atoms with Crippen LogP contribution in [0.2, 0.25) is 0 Å². The molecule has 0 bridgehead atoms. The van der Waals surface area contributed by atoms with E-state index in [1.165, 1.54) is 32.5 Å². The van der Waals surface area contributed by atoms with Gasteiger partial charge in [-0.25, -0.2) is 0 Å². The van der Waals surface area contributed by atoms with Crippen molar-refractivity contribution in [3.63, 3.8) is 0 Å². The Morgan fingerprint density at radius 3 is 1.43 bits per heavy atom. The molecule has 0 spiro atoms. The summed E-state index contributed by atoms with van der Waals surface area (Å²) in [5, 5.41) is 1.90. The third-order valence-corrected chi connectivity index (χ3v) is 18.4. The summed E-state index contributed by atoms with van der Waals surface area (Å²) in [6.07, 6.45) is -17.0. The molecule has 0 radical (unpaired) electrons. The third kappa shape index (κ3) is 17.1. The average Bonchev–Trinajstić information content (AvgIpc) is 1.68. The van der Waals surface area contributed by atoms with Crippen LogP contribution in [0.25, 0.3) is 10.8 Å². The highest BCUT2D eigenvalue weighted by Gasteiger charge is 2.60. The van der Waals surface area contributed by atoms with Gasteiger partial charge >= 0.3 is 17.9 Å². The van der Waals surface area contributed by atoms with E-state index in [-0.39, 0.29) is 50.8 Å². The number of rotatable bonds is 27. The Bertz CT molecular complexity index is 3880. The van der Waals surface area contributed by atoms with E-state index in [0.717, 1.165) is 37.9 Å². The molecule has 0 aromatic heterocycles. The zero-order valence-corrected chi connectivity index (χ0v) is 54.9. The molecular formula is C77H77NO18S. The molecule has 15 atom stereocenters. The summed E-state index contributed by atoms with van der Waals surface area (Å²) in [5.41, 5.74) is 3.23. The molecule has 0 unspecified atom stereocenters. The molecule has 20 heteroatoms. The van der Waals surface area contributed by atoms with Gasteiger partial charge in [-0.15, -0.1) is 0 Å². The number of hydrogen-bond acceptors (Lipinski definition) is 19. The summed E-state index contributed by atoms with van der Waals surface area (Å²) >= 11 is 1.25. The molecule has 8 aromatic rings. The van der Waals surface area contributed by atoms with E-state index in [1.54, 1.807) is 24.3 Å². The predicted octanol–water partition coefficient (Wildman–Crippen LogP) is 11.5. The summed E-state index contributed by atoms with van der Waals surface area (Å²) in [7, 11) is 0. The highest BCUT2D eigenvalue weighted by molar-refractivity contribution is 7.99. The summed E-state index contributed by atoms with van der Waals surface area (Å²) in [4.78, 5) is 72.9. The van der Waals surface area contributed by atoms with Crippen LogP contribution in [-0.2, 0) is 109 Å². The number of amides is 2. The molecule has 0 aliphatic carbocycles. The van der Waals surface area contributed by atoms with E-state index < -0.39 is 128 Å². The summed E-state index contributed by atoms with van der Waals surface area (Å²) in [6.45, 7) is 5.06. The Labute approximate surface area is 567 Å². The van der Waals surface area contributed by atoms with Crippen molar-refractivity contribution in [1.82, 2.24) is 4.90 Å². The Morgan fingerprint density at radius 2 is 0.866 bits per heavy atom. The average molecular weight is 1340 g/mol. The summed E-state index contributed by atoms with van der Waals surface area (Å²) < 4.78 is 89.4. The minimum absolute atomic E-state index is 0.0332. The maximum Gasteiger partial charge on any atom is 0.303 e. The molecule has 19 nitrogen and oxygen atoms in total. The second-order valence-electron chi connectivity index (χ2n) is 24.1. The fraction of sp³-hybridized carbons (Fsp3) is 0.338. The molecule has 4 aliphatic rings. The fourth-order valence-corrected chi connectivity index (χ4v) is 13.9. The van der Waals surface area contributed by atoms with E-state index in [1.807, 2.05) is 201 Å². The monoisotopic (exact) mass is 1340 g/mol. The second kappa shape index (κ2) is 32.7. The molecule has 3 saturated heterocycles. The minimum atomic E-state index is -1.75. The van der Waals surface area contributed by atoms with Crippen LogP contribution in [0, 0.1) is 0 Å². The van der Waals surface area contributed by atoms with E-state index in [2.05, 4.69) is 0 Å². The van der Waals surface area contributed by atoms with Crippen LogP contribution in [0.15, 0.2) is 223 Å². The van der Waals surface area contributed by atoms with Gasteiger partial charge in [0.25, 0.3) is 11.8 Å². The molecule has 97 heavy (non-hydrogen) atoms. The number of carbonyl (C=O) groups is 5. The van der Waals surface area contributed by atoms with Crippen molar-refractivity contribution in [1.29, 1.82) is 0 Å². The maximum atomic E-state index is 15.5. The van der Waals surface area contributed by atoms with Gasteiger partial charge in [-0.1, -0.05) is 200 Å². The van der Waals surface area contributed by atoms with E-state index in [0.29, 0.717) is 10.5 Å². The first kappa shape index (κ1) is 68.5. The van der Waals surface area contributed by atoms with Gasteiger partial charge in [0.1, 0.15) is 66.9 Å². The van der Waals surface area contributed by atoms with E-state index in [4.69, 9.17) is 61.6 Å². The van der Waals surface area contributed by atoms with Gasteiger partial charge in [0.05, 0.1) is 56.9 Å². The van der Waals surface area contributed by atoms with Gasteiger partial charge in [0, 0.05) is 25.7 Å². The quantitative estimate of drug-likeness (QED) is 0.0266. The van der Waals surface area contributed by atoms with Crippen LogP contribution >= 0.6 is 11.8 Å². The van der Waals surface area contributed by atoms with Crippen LogP contribution in [-0.4, -0.2) is 139 Å². The minimum Gasteiger partial charge on any atom is -0.463 e. The van der Waals surface area contributed by atoms with E-state index >= 15 is 9.59 Å². The molecule has 4 heterocycles. The number of benzene rings is 8. The van der Waals surface area contributed by atoms with Crippen molar-refractivity contribution in [3.8, 4) is 0 Å². The number of nitrogens with zero attached hydrogens (tertiary/aromatic N) is 1. The van der Waals surface area contributed by atoms with Crippen molar-refractivity contribution in [2.45, 2.75) is 157 Å². The lowest BCUT2D eigenvalue weighted by molar-refractivity contribution is -0.369. The molecule has 3 fully saturated rings. The Balaban J connectivity index is 1.02. The number of fused-ring (bicyclic) bond motifs is 2. The summed E-state index contributed by atoms with van der Waals surface area (Å²) in [5.74, 6) is -3.52. The van der Waals surface area contributed by atoms with Gasteiger partial charge in [-0.3, -0.25) is 28.9 Å². The zero-order valence-electron chi connectivity index (χ0n) is 54.1. The van der Waals surface area contributed by atoms with Crippen LogP contribution < -0.4 is 0 Å². The molecule has 0 saturated carbocycles.